The maximum atomic E-state index is 4.61. The fraction of sp³-hybridized carbons (Fsp3) is 0.429. The fourth-order valence-corrected chi connectivity index (χ4v) is 3.39. The number of aryl methyl sites for hydroxylation is 1. The third-order valence-corrected chi connectivity index (χ3v) is 4.54. The molecule has 2 rings (SSSR count). The van der Waals surface area contributed by atoms with Gasteiger partial charge in [-0.25, -0.2) is 4.98 Å². The minimum Gasteiger partial charge on any atom is -0.354 e. The van der Waals surface area contributed by atoms with Crippen LogP contribution in [0.5, 0.6) is 0 Å². The number of rotatable bonds is 6. The molecule has 0 spiro atoms. The molecule has 6 heteroatoms. The number of aromatic nitrogens is 2. The normalized spacial score (nSPS) is 10.6. The molecule has 0 unspecified atom stereocenters. The molecule has 0 radical (unpaired) electrons. The molecule has 0 amide bonds. The number of nitrogens with one attached hydrogen (secondary N) is 1. The third kappa shape index (κ3) is 3.93. The molecule has 4 nitrogen and oxygen atoms in total. The Kier molecular flexibility index (Phi) is 5.37. The molecule has 0 saturated heterocycles. The molecule has 2 heterocycles. The molecule has 20 heavy (non-hydrogen) atoms. The topological polar surface area (TPSA) is 41.1 Å². The lowest BCUT2D eigenvalue weighted by Crippen LogP contribution is -2.19. The first-order valence-electron chi connectivity index (χ1n) is 6.61. The highest BCUT2D eigenvalue weighted by atomic mass is 79.9. The molecular formula is C14H19BrN4S. The van der Waals surface area contributed by atoms with Crippen molar-refractivity contribution in [2.75, 3.05) is 23.8 Å². The average molecular weight is 355 g/mol. The van der Waals surface area contributed by atoms with E-state index in [9.17, 15) is 0 Å². The van der Waals surface area contributed by atoms with Crippen molar-refractivity contribution >= 4 is 39.0 Å². The smallest absolute Gasteiger partial charge is 0.224 e. The SMILES string of the molecule is CCCNc1ncc(C)c(N(C)Cc2cc(Br)cs2)n1. The Balaban J connectivity index is 2.13. The zero-order chi connectivity index (χ0) is 14.5. The van der Waals surface area contributed by atoms with E-state index in [-0.39, 0.29) is 0 Å². The van der Waals surface area contributed by atoms with Gasteiger partial charge in [-0.2, -0.15) is 4.98 Å². The van der Waals surface area contributed by atoms with Gasteiger partial charge in [-0.15, -0.1) is 11.3 Å². The van der Waals surface area contributed by atoms with E-state index >= 15 is 0 Å². The van der Waals surface area contributed by atoms with E-state index in [1.165, 1.54) is 4.88 Å². The van der Waals surface area contributed by atoms with Crippen molar-refractivity contribution in [3.05, 3.63) is 32.6 Å². The number of anilines is 2. The summed E-state index contributed by atoms with van der Waals surface area (Å²) in [5.41, 5.74) is 1.09. The maximum absolute atomic E-state index is 4.61. The van der Waals surface area contributed by atoms with E-state index in [4.69, 9.17) is 0 Å². The largest absolute Gasteiger partial charge is 0.354 e. The van der Waals surface area contributed by atoms with Crippen LogP contribution in [0.2, 0.25) is 0 Å². The Morgan fingerprint density at radius 1 is 1.45 bits per heavy atom. The number of hydrogen-bond donors (Lipinski definition) is 1. The Labute approximate surface area is 132 Å². The number of halogens is 1. The van der Waals surface area contributed by atoms with E-state index in [0.29, 0.717) is 5.95 Å². The summed E-state index contributed by atoms with van der Waals surface area (Å²) in [6, 6.07) is 2.15. The van der Waals surface area contributed by atoms with Crippen LogP contribution in [0.15, 0.2) is 22.1 Å². The Morgan fingerprint density at radius 2 is 2.25 bits per heavy atom. The first-order valence-corrected chi connectivity index (χ1v) is 8.29. The van der Waals surface area contributed by atoms with Crippen molar-refractivity contribution in [1.29, 1.82) is 0 Å². The van der Waals surface area contributed by atoms with Crippen molar-refractivity contribution in [3.63, 3.8) is 0 Å². The zero-order valence-corrected chi connectivity index (χ0v) is 14.4. The average Bonchev–Trinajstić information content (AvgIpc) is 2.83. The molecule has 1 N–H and O–H groups in total. The van der Waals surface area contributed by atoms with Crippen LogP contribution < -0.4 is 10.2 Å². The van der Waals surface area contributed by atoms with Gasteiger partial charge in [0.2, 0.25) is 5.95 Å². The predicted molar refractivity (Wildman–Crippen MR) is 89.7 cm³/mol. The van der Waals surface area contributed by atoms with Gasteiger partial charge in [-0.3, -0.25) is 0 Å². The Morgan fingerprint density at radius 3 is 2.90 bits per heavy atom. The molecule has 0 aliphatic carbocycles. The van der Waals surface area contributed by atoms with E-state index in [1.54, 1.807) is 11.3 Å². The molecule has 0 atom stereocenters. The van der Waals surface area contributed by atoms with E-state index in [2.05, 4.69) is 61.5 Å². The molecule has 0 saturated carbocycles. The minimum atomic E-state index is 0.701. The van der Waals surface area contributed by atoms with Crippen LogP contribution in [0.3, 0.4) is 0 Å². The second-order valence-electron chi connectivity index (χ2n) is 4.71. The van der Waals surface area contributed by atoms with Gasteiger partial charge in [0.25, 0.3) is 0 Å². The van der Waals surface area contributed by atoms with Crippen LogP contribution >= 0.6 is 27.3 Å². The fourth-order valence-electron chi connectivity index (χ4n) is 1.89. The summed E-state index contributed by atoms with van der Waals surface area (Å²) in [5, 5.41) is 5.33. The second-order valence-corrected chi connectivity index (χ2v) is 6.63. The summed E-state index contributed by atoms with van der Waals surface area (Å²) in [7, 11) is 2.06. The second kappa shape index (κ2) is 7.04. The van der Waals surface area contributed by atoms with Crippen molar-refractivity contribution in [2.24, 2.45) is 0 Å². The summed E-state index contributed by atoms with van der Waals surface area (Å²) in [5.74, 6) is 1.68. The molecule has 2 aromatic heterocycles. The number of nitrogens with zero attached hydrogens (tertiary/aromatic N) is 3. The van der Waals surface area contributed by atoms with Gasteiger partial charge in [-0.1, -0.05) is 6.92 Å². The number of hydrogen-bond acceptors (Lipinski definition) is 5. The van der Waals surface area contributed by atoms with Gasteiger partial charge in [-0.05, 0) is 35.3 Å². The van der Waals surface area contributed by atoms with Crippen LogP contribution in [0, 0.1) is 6.92 Å². The lowest BCUT2D eigenvalue weighted by atomic mass is 10.3. The standard InChI is InChI=1S/C14H19BrN4S/c1-4-5-16-14-17-7-10(2)13(18-14)19(3)8-12-6-11(15)9-20-12/h6-7,9H,4-5,8H2,1-3H3,(H,16,17,18). The van der Waals surface area contributed by atoms with E-state index in [1.807, 2.05) is 13.1 Å². The van der Waals surface area contributed by atoms with Gasteiger partial charge < -0.3 is 10.2 Å². The lowest BCUT2D eigenvalue weighted by molar-refractivity contribution is 0.886. The molecule has 0 aliphatic rings. The van der Waals surface area contributed by atoms with Crippen LogP contribution in [0.4, 0.5) is 11.8 Å². The van der Waals surface area contributed by atoms with Gasteiger partial charge in [0.1, 0.15) is 5.82 Å². The summed E-state index contributed by atoms with van der Waals surface area (Å²) in [6.45, 7) is 5.91. The van der Waals surface area contributed by atoms with E-state index in [0.717, 1.165) is 35.4 Å². The predicted octanol–water partition coefficient (Wildman–Crippen LogP) is 4.07. The molecule has 0 aliphatic heterocycles. The molecule has 108 valence electrons. The highest BCUT2D eigenvalue weighted by Crippen LogP contribution is 2.24. The van der Waals surface area contributed by atoms with Crippen molar-refractivity contribution in [1.82, 2.24) is 9.97 Å². The van der Waals surface area contributed by atoms with Crippen LogP contribution in [0.1, 0.15) is 23.8 Å². The van der Waals surface area contributed by atoms with Crippen LogP contribution in [-0.4, -0.2) is 23.6 Å². The summed E-state index contributed by atoms with van der Waals surface area (Å²) in [6.07, 6.45) is 2.94. The molecule has 0 bridgehead atoms. The van der Waals surface area contributed by atoms with Crippen LogP contribution in [-0.2, 0) is 6.54 Å². The molecule has 0 aromatic carbocycles. The zero-order valence-electron chi connectivity index (χ0n) is 12.0. The summed E-state index contributed by atoms with van der Waals surface area (Å²) in [4.78, 5) is 12.4. The monoisotopic (exact) mass is 354 g/mol. The Hall–Kier alpha value is -1.14. The first kappa shape index (κ1) is 15.3. The van der Waals surface area contributed by atoms with Gasteiger partial charge in [0, 0.05) is 40.1 Å². The maximum Gasteiger partial charge on any atom is 0.224 e. The highest BCUT2D eigenvalue weighted by molar-refractivity contribution is 9.10. The summed E-state index contributed by atoms with van der Waals surface area (Å²) >= 11 is 5.24. The quantitative estimate of drug-likeness (QED) is 0.848. The van der Waals surface area contributed by atoms with E-state index < -0.39 is 0 Å². The van der Waals surface area contributed by atoms with Gasteiger partial charge in [0.05, 0.1) is 6.54 Å². The highest BCUT2D eigenvalue weighted by Gasteiger charge is 2.10. The minimum absolute atomic E-state index is 0.701. The number of thiophene rings is 1. The van der Waals surface area contributed by atoms with Crippen molar-refractivity contribution in [2.45, 2.75) is 26.8 Å². The first-order chi connectivity index (χ1) is 9.60. The van der Waals surface area contributed by atoms with Crippen LogP contribution in [0.25, 0.3) is 0 Å². The lowest BCUT2D eigenvalue weighted by Gasteiger charge is -2.20. The Bertz CT molecular complexity index is 570. The van der Waals surface area contributed by atoms with Gasteiger partial charge >= 0.3 is 0 Å². The molecular weight excluding hydrogens is 336 g/mol. The molecule has 0 fully saturated rings. The molecule has 2 aromatic rings. The van der Waals surface area contributed by atoms with Crippen molar-refractivity contribution < 1.29 is 0 Å². The summed E-state index contributed by atoms with van der Waals surface area (Å²) < 4.78 is 1.13. The van der Waals surface area contributed by atoms with Gasteiger partial charge in [0.15, 0.2) is 0 Å². The van der Waals surface area contributed by atoms with Crippen molar-refractivity contribution in [3.8, 4) is 0 Å². The third-order valence-electron chi connectivity index (χ3n) is 2.85.